The summed E-state index contributed by atoms with van der Waals surface area (Å²) < 4.78 is 12.5. The van der Waals surface area contributed by atoms with Gasteiger partial charge in [-0.05, 0) is 57.1 Å². The Bertz CT molecular complexity index is 1330. The molecule has 46 heavy (non-hydrogen) atoms. The van der Waals surface area contributed by atoms with Gasteiger partial charge in [0.25, 0.3) is 5.91 Å². The third-order valence-corrected chi connectivity index (χ3v) is 10.2. The van der Waals surface area contributed by atoms with E-state index in [0.717, 1.165) is 16.8 Å². The van der Waals surface area contributed by atoms with Gasteiger partial charge >= 0.3 is 5.97 Å². The van der Waals surface area contributed by atoms with Crippen LogP contribution in [-0.4, -0.2) is 88.1 Å². The van der Waals surface area contributed by atoms with E-state index in [1.807, 2.05) is 45.9 Å². The highest BCUT2D eigenvalue weighted by molar-refractivity contribution is 9.09. The first kappa shape index (κ1) is 35.8. The van der Waals surface area contributed by atoms with Gasteiger partial charge in [-0.1, -0.05) is 60.1 Å². The van der Waals surface area contributed by atoms with Crippen LogP contribution in [0, 0.1) is 31.6 Å². The molecule has 1 aromatic rings. The lowest BCUT2D eigenvalue weighted by molar-refractivity contribution is -0.159. The average Bonchev–Trinajstić information content (AvgIpc) is 3.60. The minimum atomic E-state index is -1.32. The Morgan fingerprint density at radius 1 is 1.22 bits per heavy atom. The zero-order valence-electron chi connectivity index (χ0n) is 27.5. The summed E-state index contributed by atoms with van der Waals surface area (Å²) >= 11 is 3.70. The highest BCUT2D eigenvalue weighted by atomic mass is 79.9. The molecule has 0 aliphatic carbocycles. The quantitative estimate of drug-likeness (QED) is 0.161. The maximum Gasteiger partial charge on any atom is 0.312 e. The number of esters is 1. The van der Waals surface area contributed by atoms with E-state index < -0.39 is 53.6 Å². The van der Waals surface area contributed by atoms with E-state index in [-0.39, 0.29) is 48.7 Å². The molecule has 3 aliphatic heterocycles. The molecule has 0 aromatic heterocycles. The molecule has 3 aliphatic rings. The fourth-order valence-electron chi connectivity index (χ4n) is 7.53. The number of aryl methyl sites for hydroxylation is 2. The van der Waals surface area contributed by atoms with E-state index in [1.165, 1.54) is 4.90 Å². The number of anilines is 1. The Morgan fingerprint density at radius 3 is 2.48 bits per heavy atom. The lowest BCUT2D eigenvalue weighted by Gasteiger charge is -2.40. The molecule has 11 heteroatoms. The highest BCUT2D eigenvalue weighted by Crippen LogP contribution is 2.61. The molecule has 3 fully saturated rings. The van der Waals surface area contributed by atoms with Crippen LogP contribution in [0.5, 0.6) is 0 Å². The molecule has 0 saturated carbocycles. The molecular formula is C35H48BrN3O7. The summed E-state index contributed by atoms with van der Waals surface area (Å²) in [4.78, 5) is 58.3. The van der Waals surface area contributed by atoms with Crippen LogP contribution in [0.25, 0.3) is 0 Å². The molecule has 2 bridgehead atoms. The number of likely N-dealkylation sites (tertiary alicyclic amines) is 1. The molecule has 1 spiro atoms. The normalized spacial score (nSPS) is 27.7. The number of nitrogens with zero attached hydrogens (tertiary/aromatic N) is 2. The summed E-state index contributed by atoms with van der Waals surface area (Å²) in [5.74, 6) is -3.37. The van der Waals surface area contributed by atoms with E-state index in [0.29, 0.717) is 19.3 Å². The SMILES string of the molecule is C=CCCC(=O)NC[C@H](C)OC(=O)[C@H]1[C@@H]2O[C@@]3(CC2Br)[C@@H]1C(=O)N([C@@H](CO)CC(C)C)[C@@H]3C(=O)N(CC=C)c1c(C)cccc1C. The summed E-state index contributed by atoms with van der Waals surface area (Å²) in [6, 6.07) is 4.03. The lowest BCUT2D eigenvalue weighted by atomic mass is 9.70. The fraction of sp³-hybridized carbons (Fsp3) is 0.600. The maximum atomic E-state index is 15.0. The van der Waals surface area contributed by atoms with Crippen LogP contribution in [0.2, 0.25) is 0 Å². The van der Waals surface area contributed by atoms with Crippen LogP contribution in [-0.2, 0) is 28.7 Å². The fourth-order valence-corrected chi connectivity index (χ4v) is 8.47. The summed E-state index contributed by atoms with van der Waals surface area (Å²) in [6.45, 7) is 17.0. The van der Waals surface area contributed by atoms with Gasteiger partial charge in [0.05, 0.1) is 37.1 Å². The van der Waals surface area contributed by atoms with Crippen molar-refractivity contribution in [2.75, 3.05) is 24.6 Å². The largest absolute Gasteiger partial charge is 0.460 e. The topological polar surface area (TPSA) is 125 Å². The molecule has 252 valence electrons. The number of halogens is 1. The Labute approximate surface area is 280 Å². The van der Waals surface area contributed by atoms with Crippen LogP contribution in [0.3, 0.4) is 0 Å². The van der Waals surface area contributed by atoms with Gasteiger partial charge in [0.1, 0.15) is 17.7 Å². The number of carbonyl (C=O) groups is 4. The Morgan fingerprint density at radius 2 is 1.89 bits per heavy atom. The number of fused-ring (bicyclic) bond motifs is 1. The number of rotatable bonds is 15. The summed E-state index contributed by atoms with van der Waals surface area (Å²) in [5.41, 5.74) is 1.19. The maximum absolute atomic E-state index is 15.0. The Kier molecular flexibility index (Phi) is 11.5. The van der Waals surface area contributed by atoms with Gasteiger partial charge in [-0.15, -0.1) is 13.2 Å². The zero-order valence-corrected chi connectivity index (χ0v) is 29.1. The van der Waals surface area contributed by atoms with Crippen molar-refractivity contribution in [1.29, 1.82) is 0 Å². The van der Waals surface area contributed by atoms with E-state index in [9.17, 15) is 24.3 Å². The van der Waals surface area contributed by atoms with Gasteiger partial charge < -0.3 is 29.7 Å². The standard InChI is InChI=1S/C35H48BrN3O7/c1-8-10-14-26(41)37-18-23(7)45-34(44)27-28-32(42)39(24(19-40)16-20(3)4)31(35(28)17-25(36)30(27)46-35)33(43)38(15-9-2)29-21(5)12-11-13-22(29)6/h8-9,11-13,20,23-25,27-28,30-31,40H,1-2,10,14-19H2,3-7H3,(H,37,41)/t23-,24+,25?,27+,28-,30+,31+,35-/m0/s1. The molecule has 4 rings (SSSR count). The number of aliphatic hydroxyl groups excluding tert-OH is 1. The number of amides is 3. The van der Waals surface area contributed by atoms with Crippen LogP contribution in [0.15, 0.2) is 43.5 Å². The van der Waals surface area contributed by atoms with Crippen molar-refractivity contribution in [3.63, 3.8) is 0 Å². The van der Waals surface area contributed by atoms with Crippen molar-refractivity contribution in [3.05, 3.63) is 54.6 Å². The minimum Gasteiger partial charge on any atom is -0.460 e. The van der Waals surface area contributed by atoms with E-state index in [1.54, 1.807) is 24.0 Å². The van der Waals surface area contributed by atoms with Crippen molar-refractivity contribution in [2.24, 2.45) is 17.8 Å². The third-order valence-electron chi connectivity index (χ3n) is 9.35. The van der Waals surface area contributed by atoms with Gasteiger partial charge in [0.15, 0.2) is 0 Å². The molecule has 3 heterocycles. The molecule has 1 aromatic carbocycles. The van der Waals surface area contributed by atoms with Gasteiger partial charge in [-0.3, -0.25) is 19.2 Å². The van der Waals surface area contributed by atoms with E-state index in [2.05, 4.69) is 34.4 Å². The molecule has 10 nitrogen and oxygen atoms in total. The number of hydrogen-bond acceptors (Lipinski definition) is 7. The van der Waals surface area contributed by atoms with Gasteiger partial charge in [0, 0.05) is 23.5 Å². The van der Waals surface area contributed by atoms with Crippen molar-refractivity contribution >= 4 is 45.3 Å². The zero-order chi connectivity index (χ0) is 33.9. The van der Waals surface area contributed by atoms with Crippen LogP contribution in [0.4, 0.5) is 5.69 Å². The average molecular weight is 703 g/mol. The molecular weight excluding hydrogens is 654 g/mol. The number of aliphatic hydroxyl groups is 1. The van der Waals surface area contributed by atoms with Crippen molar-refractivity contribution in [2.45, 2.75) is 95.0 Å². The third kappa shape index (κ3) is 6.69. The predicted octanol–water partition coefficient (Wildman–Crippen LogP) is 3.99. The van der Waals surface area contributed by atoms with Crippen molar-refractivity contribution < 1.29 is 33.8 Å². The number of nitrogens with one attached hydrogen (secondary N) is 1. The number of alkyl halides is 1. The second-order valence-electron chi connectivity index (χ2n) is 13.2. The van der Waals surface area contributed by atoms with Crippen LogP contribution < -0.4 is 10.2 Å². The molecule has 3 saturated heterocycles. The summed E-state index contributed by atoms with van der Waals surface area (Å²) in [5, 5.41) is 13.4. The van der Waals surface area contributed by atoms with Gasteiger partial charge in [0.2, 0.25) is 11.8 Å². The number of ether oxygens (including phenoxy) is 2. The van der Waals surface area contributed by atoms with E-state index >= 15 is 0 Å². The number of benzene rings is 1. The monoisotopic (exact) mass is 701 g/mol. The lowest BCUT2D eigenvalue weighted by Crippen LogP contribution is -2.59. The highest BCUT2D eigenvalue weighted by Gasteiger charge is 2.77. The number of carbonyl (C=O) groups excluding carboxylic acids is 4. The van der Waals surface area contributed by atoms with Crippen molar-refractivity contribution in [3.8, 4) is 0 Å². The second kappa shape index (κ2) is 14.8. The number of para-hydroxylation sites is 1. The summed E-state index contributed by atoms with van der Waals surface area (Å²) in [7, 11) is 0. The first-order valence-electron chi connectivity index (χ1n) is 16.1. The minimum absolute atomic E-state index is 0.113. The number of allylic oxidation sites excluding steroid dienone is 1. The molecule has 8 atom stereocenters. The second-order valence-corrected chi connectivity index (χ2v) is 14.4. The van der Waals surface area contributed by atoms with E-state index in [4.69, 9.17) is 9.47 Å². The van der Waals surface area contributed by atoms with Crippen molar-refractivity contribution in [1.82, 2.24) is 10.2 Å². The molecule has 3 amide bonds. The first-order chi connectivity index (χ1) is 21.8. The molecule has 0 radical (unpaired) electrons. The Balaban J connectivity index is 1.73. The van der Waals surface area contributed by atoms with Gasteiger partial charge in [-0.2, -0.15) is 0 Å². The first-order valence-corrected chi connectivity index (χ1v) is 17.1. The molecule has 1 unspecified atom stereocenters. The van der Waals surface area contributed by atoms with Gasteiger partial charge in [-0.25, -0.2) is 0 Å². The van der Waals surface area contributed by atoms with Crippen LogP contribution in [0.1, 0.15) is 57.6 Å². The molecule has 2 N–H and O–H groups in total. The number of hydrogen-bond donors (Lipinski definition) is 2. The smallest absolute Gasteiger partial charge is 0.312 e. The summed E-state index contributed by atoms with van der Waals surface area (Å²) in [6.07, 6.45) is 3.56. The predicted molar refractivity (Wildman–Crippen MR) is 179 cm³/mol. The Hall–Kier alpha value is -3.02. The van der Waals surface area contributed by atoms with Crippen LogP contribution >= 0.6 is 15.9 Å².